The van der Waals surface area contributed by atoms with Crippen molar-refractivity contribution in [3.63, 3.8) is 0 Å². The molecule has 0 fully saturated rings. The molecule has 5 heterocycles. The van der Waals surface area contributed by atoms with Gasteiger partial charge in [0.25, 0.3) is 0 Å². The van der Waals surface area contributed by atoms with Gasteiger partial charge in [0.15, 0.2) is 0 Å². The van der Waals surface area contributed by atoms with Crippen LogP contribution in [-0.4, -0.2) is 51.7 Å². The molecule has 2 aliphatic heterocycles. The monoisotopic (exact) mass is 1080 g/mol. The molecule has 9 rings (SSSR count). The van der Waals surface area contributed by atoms with Crippen molar-refractivity contribution in [1.82, 2.24) is 19.9 Å². The van der Waals surface area contributed by atoms with Crippen LogP contribution in [0.1, 0.15) is 166 Å². The van der Waals surface area contributed by atoms with E-state index in [-0.39, 0.29) is 5.91 Å². The molecule has 10 nitrogen and oxygen atoms in total. The average molecular weight is 1090 g/mol. The summed E-state index contributed by atoms with van der Waals surface area (Å²) in [6.45, 7) is 10.5. The number of nitrogens with two attached hydrogens (primary N) is 1. The number of carbonyl (C=O) groups is 1. The Morgan fingerprint density at radius 1 is 0.407 bits per heavy atom. The van der Waals surface area contributed by atoms with Gasteiger partial charge in [-0.25, -0.2) is 9.97 Å². The lowest BCUT2D eigenvalue weighted by molar-refractivity contribution is -0.117. The predicted octanol–water partition coefficient (Wildman–Crippen LogP) is 18.8. The zero-order valence-electron chi connectivity index (χ0n) is 48.4. The first-order chi connectivity index (χ1) is 39.8. The third-order valence-corrected chi connectivity index (χ3v) is 15.3. The zero-order chi connectivity index (χ0) is 56.2. The number of ether oxygens (including phenoxy) is 3. The minimum atomic E-state index is -0.644. The highest BCUT2D eigenvalue weighted by Gasteiger charge is 2.20. The number of aromatic nitrogens is 4. The minimum Gasteiger partial charge on any atom is -0.494 e. The predicted molar refractivity (Wildman–Crippen MR) is 339 cm³/mol. The molecule has 1 amide bonds. The van der Waals surface area contributed by atoms with Crippen molar-refractivity contribution >= 4 is 58.0 Å². The Bertz CT molecular complexity index is 3310. The van der Waals surface area contributed by atoms with Gasteiger partial charge in [0.05, 0.1) is 48.6 Å². The van der Waals surface area contributed by atoms with E-state index in [0.29, 0.717) is 25.5 Å². The van der Waals surface area contributed by atoms with Gasteiger partial charge < -0.3 is 35.2 Å². The lowest BCUT2D eigenvalue weighted by Gasteiger charge is -2.10. The second kappa shape index (κ2) is 29.7. The number of nitrogens with zero attached hydrogens (tertiary/aromatic N) is 2. The highest BCUT2D eigenvalue weighted by atomic mass is 16.5. The second-order valence-electron chi connectivity index (χ2n) is 21.8. The van der Waals surface area contributed by atoms with Crippen LogP contribution in [0.2, 0.25) is 0 Å². The molecule has 0 saturated carbocycles. The number of anilines is 1. The van der Waals surface area contributed by atoms with Crippen LogP contribution in [0.3, 0.4) is 0 Å². The van der Waals surface area contributed by atoms with Crippen molar-refractivity contribution in [2.45, 2.75) is 149 Å². The summed E-state index contributed by atoms with van der Waals surface area (Å²) < 4.78 is 18.9. The highest BCUT2D eigenvalue weighted by molar-refractivity contribution is 6.00. The van der Waals surface area contributed by atoms with Crippen LogP contribution in [0.15, 0.2) is 121 Å². The van der Waals surface area contributed by atoms with Gasteiger partial charge in [-0.1, -0.05) is 166 Å². The number of rotatable bonds is 30. The van der Waals surface area contributed by atoms with Gasteiger partial charge >= 0.3 is 0 Å². The first-order valence-corrected chi connectivity index (χ1v) is 30.3. The van der Waals surface area contributed by atoms with E-state index < -0.39 is 6.04 Å². The third kappa shape index (κ3) is 15.6. The maximum absolute atomic E-state index is 12.7. The van der Waals surface area contributed by atoms with Crippen LogP contribution in [0.25, 0.3) is 90.9 Å². The fourth-order valence-corrected chi connectivity index (χ4v) is 10.8. The van der Waals surface area contributed by atoms with Crippen LogP contribution >= 0.6 is 0 Å². The van der Waals surface area contributed by atoms with E-state index in [1.54, 1.807) is 6.92 Å². The summed E-state index contributed by atoms with van der Waals surface area (Å²) in [6.07, 6.45) is 30.3. The maximum Gasteiger partial charge on any atom is 0.240 e. The lowest BCUT2D eigenvalue weighted by atomic mass is 10.0. The Morgan fingerprint density at radius 3 is 0.963 bits per heavy atom. The summed E-state index contributed by atoms with van der Waals surface area (Å²) in [5.74, 6) is 2.30. The van der Waals surface area contributed by atoms with Crippen LogP contribution in [-0.2, 0) is 4.79 Å². The number of fused-ring (bicyclic) bond motifs is 8. The largest absolute Gasteiger partial charge is 0.494 e. The highest BCUT2D eigenvalue weighted by Crippen LogP contribution is 2.40. The molecule has 0 unspecified atom stereocenters. The molecule has 81 heavy (non-hydrogen) atoms. The van der Waals surface area contributed by atoms with Gasteiger partial charge in [0.1, 0.15) is 17.2 Å². The quantitative estimate of drug-likeness (QED) is 0.0329. The number of nitrogens with one attached hydrogen (secondary N) is 3. The van der Waals surface area contributed by atoms with Crippen LogP contribution in [0, 0.1) is 0 Å². The molecule has 0 spiro atoms. The summed E-state index contributed by atoms with van der Waals surface area (Å²) in [7, 11) is 0. The molecule has 7 aromatic rings. The molecule has 0 saturated heterocycles. The number of benzene rings is 4. The van der Waals surface area contributed by atoms with Gasteiger partial charge in [-0.2, -0.15) is 0 Å². The van der Waals surface area contributed by atoms with Gasteiger partial charge in [0, 0.05) is 50.0 Å². The van der Waals surface area contributed by atoms with Crippen LogP contribution in [0.4, 0.5) is 5.69 Å². The Balaban J connectivity index is 1.19. The van der Waals surface area contributed by atoms with E-state index in [2.05, 4.69) is 157 Å². The summed E-state index contributed by atoms with van der Waals surface area (Å²) in [5, 5.41) is 2.95. The van der Waals surface area contributed by atoms with E-state index in [0.717, 1.165) is 126 Å². The molecule has 0 aliphatic carbocycles. The fraction of sp³-hybridized carbons (Fsp3) is 0.366. The number of unbranched alkanes of at least 4 members (excludes halogenated alkanes) is 15. The Morgan fingerprint density at radius 2 is 0.679 bits per heavy atom. The average Bonchev–Trinajstić information content (AvgIpc) is 4.38. The van der Waals surface area contributed by atoms with E-state index in [4.69, 9.17) is 29.9 Å². The number of H-pyrrole nitrogens is 2. The van der Waals surface area contributed by atoms with Gasteiger partial charge in [-0.3, -0.25) is 4.79 Å². The Kier molecular flexibility index (Phi) is 21.2. The van der Waals surface area contributed by atoms with Crippen molar-refractivity contribution in [2.24, 2.45) is 5.73 Å². The molecule has 8 bridgehead atoms. The molecule has 2 aliphatic rings. The van der Waals surface area contributed by atoms with Gasteiger partial charge in [0.2, 0.25) is 5.91 Å². The number of hydrogen-bond acceptors (Lipinski definition) is 7. The fourth-order valence-electron chi connectivity index (χ4n) is 10.8. The first-order valence-electron chi connectivity index (χ1n) is 30.3. The number of carbonyl (C=O) groups excluding carboxylic acids is 1. The molecule has 1 atom stereocenters. The molecule has 3 aromatic heterocycles. The number of aromatic amines is 2. The van der Waals surface area contributed by atoms with E-state index in [9.17, 15) is 4.79 Å². The van der Waals surface area contributed by atoms with Crippen molar-refractivity contribution in [3.05, 3.63) is 144 Å². The zero-order valence-corrected chi connectivity index (χ0v) is 48.4. The number of amides is 1. The lowest BCUT2D eigenvalue weighted by Crippen LogP contribution is -2.32. The summed E-state index contributed by atoms with van der Waals surface area (Å²) in [4.78, 5) is 31.6. The molecule has 10 heteroatoms. The van der Waals surface area contributed by atoms with Crippen molar-refractivity contribution < 1.29 is 19.0 Å². The van der Waals surface area contributed by atoms with Crippen molar-refractivity contribution in [3.8, 4) is 61.8 Å². The van der Waals surface area contributed by atoms with Crippen molar-refractivity contribution in [1.29, 1.82) is 0 Å². The van der Waals surface area contributed by atoms with E-state index >= 15 is 0 Å². The van der Waals surface area contributed by atoms with Gasteiger partial charge in [-0.05, 0) is 146 Å². The standard InChI is InChI=1S/C71H84N6O4/c1-5-8-11-14-17-20-47-79-56-33-25-52(26-34-56)68-61-41-39-59(74-61)67(51-23-31-55(32-24-51)73-71(78)50(4)72)60-40-42-62(75-60)69(53-27-35-57(36-28-53)80-48-21-18-15-12-9-6-2)64-44-46-66(77-64)70(65-45-43-63(68)76-65)54-29-37-58(38-30-54)81-49-22-19-16-13-10-7-3/h23-46,50,74,77H,5-22,47-49,72H2,1-4H3,(H,73,78)/t50-/m0/s1. The molecular weight excluding hydrogens is 1000 g/mol. The molecule has 4 aromatic carbocycles. The SMILES string of the molecule is CCCCCCCCOc1ccc(-c2c3nc(c(-c4ccc(OCCCCCCCC)cc4)c4ccc([nH]4)c(-c4ccc(OCCCCCCCC)cc4)c4nc(c(-c5ccc(NC(=O)[C@H](C)N)cc5)c5ccc2[nH]5)C=C4)C=C3)cc1. The normalized spacial score (nSPS) is 12.2. The van der Waals surface area contributed by atoms with E-state index in [1.807, 2.05) is 24.3 Å². The first kappa shape index (κ1) is 58.0. The third-order valence-electron chi connectivity index (χ3n) is 15.3. The molecule has 0 radical (unpaired) electrons. The summed E-state index contributed by atoms with van der Waals surface area (Å²) >= 11 is 0. The molecular formula is C71H84N6O4. The Hall–Kier alpha value is -7.69. The van der Waals surface area contributed by atoms with Gasteiger partial charge in [-0.15, -0.1) is 0 Å². The topological polar surface area (TPSA) is 140 Å². The Labute approximate surface area is 480 Å². The molecule has 5 N–H and O–H groups in total. The second-order valence-corrected chi connectivity index (χ2v) is 21.8. The number of hydrogen-bond donors (Lipinski definition) is 4. The molecule has 422 valence electrons. The van der Waals surface area contributed by atoms with Crippen LogP contribution < -0.4 is 25.3 Å². The summed E-state index contributed by atoms with van der Waals surface area (Å²) in [5.41, 5.74) is 21.2. The van der Waals surface area contributed by atoms with Crippen molar-refractivity contribution in [2.75, 3.05) is 25.1 Å². The smallest absolute Gasteiger partial charge is 0.240 e. The van der Waals surface area contributed by atoms with Crippen LogP contribution in [0.5, 0.6) is 17.2 Å². The maximum atomic E-state index is 12.7. The minimum absolute atomic E-state index is 0.250. The van der Waals surface area contributed by atoms with E-state index in [1.165, 1.54) is 96.3 Å². The summed E-state index contributed by atoms with van der Waals surface area (Å²) in [6, 6.07) is 41.2.